The van der Waals surface area contributed by atoms with Crippen molar-refractivity contribution in [3.05, 3.63) is 52.6 Å². The largest absolute Gasteiger partial charge is 0.495 e. The highest BCUT2D eigenvalue weighted by Crippen LogP contribution is 2.27. The number of rotatable bonds is 4. The predicted molar refractivity (Wildman–Crippen MR) is 82.4 cm³/mol. The summed E-state index contributed by atoms with van der Waals surface area (Å²) in [5, 5.41) is 8.95. The van der Waals surface area contributed by atoms with Gasteiger partial charge in [0.15, 0.2) is 0 Å². The van der Waals surface area contributed by atoms with Crippen molar-refractivity contribution in [1.29, 1.82) is 5.26 Å². The summed E-state index contributed by atoms with van der Waals surface area (Å²) in [6.07, 6.45) is 0. The number of hydrogen-bond donors (Lipinski definition) is 1. The highest BCUT2D eigenvalue weighted by Gasteiger charge is 2.08. The van der Waals surface area contributed by atoms with Gasteiger partial charge in [-0.05, 0) is 54.8 Å². The van der Waals surface area contributed by atoms with Gasteiger partial charge in [0.2, 0.25) is 0 Å². The normalized spacial score (nSPS) is 10.0. The van der Waals surface area contributed by atoms with Gasteiger partial charge in [-0.15, -0.1) is 0 Å². The molecule has 0 aliphatic rings. The Morgan fingerprint density at radius 2 is 1.81 bits per heavy atom. The average molecular weight is 282 g/mol. The molecule has 0 aliphatic heterocycles. The Balaban J connectivity index is 2.17. The van der Waals surface area contributed by atoms with Crippen LogP contribution in [0.25, 0.3) is 0 Å². The van der Waals surface area contributed by atoms with E-state index in [9.17, 15) is 0 Å². The van der Waals surface area contributed by atoms with E-state index in [-0.39, 0.29) is 0 Å². The predicted octanol–water partition coefficient (Wildman–Crippen LogP) is 3.34. The van der Waals surface area contributed by atoms with Crippen LogP contribution >= 0.6 is 0 Å². The first-order valence-corrected chi connectivity index (χ1v) is 6.61. The Bertz CT molecular complexity index is 679. The maximum Gasteiger partial charge on any atom is 0.141 e. The van der Waals surface area contributed by atoms with Crippen molar-refractivity contribution in [2.45, 2.75) is 20.5 Å². The number of nitrogens with two attached hydrogens (primary N) is 1. The number of anilines is 1. The Labute approximate surface area is 124 Å². The summed E-state index contributed by atoms with van der Waals surface area (Å²) in [4.78, 5) is 0. The van der Waals surface area contributed by atoms with Crippen LogP contribution in [0.5, 0.6) is 11.5 Å². The second-order valence-corrected chi connectivity index (χ2v) is 4.92. The van der Waals surface area contributed by atoms with Crippen LogP contribution in [0.4, 0.5) is 5.69 Å². The number of ether oxygens (including phenoxy) is 2. The summed E-state index contributed by atoms with van der Waals surface area (Å²) >= 11 is 0. The maximum absolute atomic E-state index is 8.95. The van der Waals surface area contributed by atoms with Gasteiger partial charge in [0.05, 0.1) is 24.4 Å². The van der Waals surface area contributed by atoms with Crippen LogP contribution < -0.4 is 15.2 Å². The summed E-state index contributed by atoms with van der Waals surface area (Å²) in [5.74, 6) is 1.47. The first kappa shape index (κ1) is 14.7. The first-order chi connectivity index (χ1) is 10.0. The molecule has 0 bridgehead atoms. The molecule has 21 heavy (non-hydrogen) atoms. The van der Waals surface area contributed by atoms with Gasteiger partial charge in [-0.1, -0.05) is 6.07 Å². The van der Waals surface area contributed by atoms with Gasteiger partial charge < -0.3 is 15.2 Å². The number of nitrogen functional groups attached to an aromatic ring is 1. The molecule has 0 aromatic heterocycles. The lowest BCUT2D eigenvalue weighted by Gasteiger charge is -2.13. The summed E-state index contributed by atoms with van der Waals surface area (Å²) in [5.41, 5.74) is 9.99. The van der Waals surface area contributed by atoms with Gasteiger partial charge in [-0.3, -0.25) is 0 Å². The number of benzene rings is 2. The molecule has 0 saturated carbocycles. The van der Waals surface area contributed by atoms with E-state index in [4.69, 9.17) is 20.5 Å². The van der Waals surface area contributed by atoms with Crippen molar-refractivity contribution in [2.24, 2.45) is 0 Å². The molecule has 0 amide bonds. The maximum atomic E-state index is 8.95. The van der Waals surface area contributed by atoms with Crippen LogP contribution in [0.3, 0.4) is 0 Å². The molecule has 2 rings (SSSR count). The number of nitrogens with zero attached hydrogens (tertiary/aromatic N) is 1. The van der Waals surface area contributed by atoms with Crippen molar-refractivity contribution in [2.75, 3.05) is 12.8 Å². The van der Waals surface area contributed by atoms with Gasteiger partial charge in [-0.2, -0.15) is 5.26 Å². The standard InChI is InChI=1S/C17H18N2O2/c1-11-6-14(9-18)7-12(2)17(11)21-10-13-4-5-16(20-3)15(19)8-13/h4-8H,10,19H2,1-3H3. The molecule has 0 radical (unpaired) electrons. The van der Waals surface area contributed by atoms with Crippen molar-refractivity contribution in [3.63, 3.8) is 0 Å². The molecule has 2 N–H and O–H groups in total. The molecule has 4 heteroatoms. The first-order valence-electron chi connectivity index (χ1n) is 6.61. The minimum atomic E-state index is 0.418. The van der Waals surface area contributed by atoms with Crippen LogP contribution in [0, 0.1) is 25.2 Å². The number of hydrogen-bond acceptors (Lipinski definition) is 4. The van der Waals surface area contributed by atoms with E-state index in [1.54, 1.807) is 7.11 Å². The zero-order chi connectivity index (χ0) is 15.4. The quantitative estimate of drug-likeness (QED) is 0.873. The molecule has 0 spiro atoms. The van der Waals surface area contributed by atoms with E-state index in [2.05, 4.69) is 6.07 Å². The summed E-state index contributed by atoms with van der Waals surface area (Å²) in [6, 6.07) is 11.4. The van der Waals surface area contributed by atoms with E-state index in [1.165, 1.54) is 0 Å². The van der Waals surface area contributed by atoms with E-state index in [1.807, 2.05) is 44.2 Å². The molecule has 0 aliphatic carbocycles. The minimum absolute atomic E-state index is 0.418. The third-order valence-corrected chi connectivity index (χ3v) is 3.27. The second-order valence-electron chi connectivity index (χ2n) is 4.92. The topological polar surface area (TPSA) is 68.3 Å². The summed E-state index contributed by atoms with van der Waals surface area (Å²) in [7, 11) is 1.59. The van der Waals surface area contributed by atoms with Crippen molar-refractivity contribution < 1.29 is 9.47 Å². The molecular weight excluding hydrogens is 264 g/mol. The number of nitriles is 1. The summed E-state index contributed by atoms with van der Waals surface area (Å²) < 4.78 is 11.0. The second kappa shape index (κ2) is 6.19. The number of aryl methyl sites for hydroxylation is 2. The average Bonchev–Trinajstić information content (AvgIpc) is 2.46. The van der Waals surface area contributed by atoms with E-state index in [0.717, 1.165) is 22.4 Å². The van der Waals surface area contributed by atoms with Crippen LogP contribution in [0.1, 0.15) is 22.3 Å². The SMILES string of the molecule is COc1ccc(COc2c(C)cc(C#N)cc2C)cc1N. The van der Waals surface area contributed by atoms with Gasteiger partial charge in [0.25, 0.3) is 0 Å². The fraction of sp³-hybridized carbons (Fsp3) is 0.235. The van der Waals surface area contributed by atoms with Crippen molar-refractivity contribution >= 4 is 5.69 Å². The van der Waals surface area contributed by atoms with E-state index < -0.39 is 0 Å². The summed E-state index contributed by atoms with van der Waals surface area (Å²) in [6.45, 7) is 4.29. The third-order valence-electron chi connectivity index (χ3n) is 3.27. The molecule has 2 aromatic rings. The fourth-order valence-corrected chi connectivity index (χ4v) is 2.27. The van der Waals surface area contributed by atoms with Crippen LogP contribution in [0.15, 0.2) is 30.3 Å². The van der Waals surface area contributed by atoms with Crippen LogP contribution in [-0.4, -0.2) is 7.11 Å². The van der Waals surface area contributed by atoms with Gasteiger partial charge in [0, 0.05) is 0 Å². The van der Waals surface area contributed by atoms with Gasteiger partial charge in [-0.25, -0.2) is 0 Å². The third kappa shape index (κ3) is 3.26. The zero-order valence-corrected chi connectivity index (χ0v) is 12.4. The smallest absolute Gasteiger partial charge is 0.141 e. The van der Waals surface area contributed by atoms with E-state index >= 15 is 0 Å². The molecule has 0 atom stereocenters. The monoisotopic (exact) mass is 282 g/mol. The molecule has 0 fully saturated rings. The molecule has 0 unspecified atom stereocenters. The zero-order valence-electron chi connectivity index (χ0n) is 12.4. The highest BCUT2D eigenvalue weighted by atomic mass is 16.5. The Kier molecular flexibility index (Phi) is 4.34. The molecule has 0 heterocycles. The Hall–Kier alpha value is -2.67. The van der Waals surface area contributed by atoms with Crippen LogP contribution in [-0.2, 0) is 6.61 Å². The molecular formula is C17H18N2O2. The van der Waals surface area contributed by atoms with E-state index in [0.29, 0.717) is 23.6 Å². The molecule has 2 aromatic carbocycles. The molecule has 0 saturated heterocycles. The van der Waals surface area contributed by atoms with Gasteiger partial charge in [0.1, 0.15) is 18.1 Å². The van der Waals surface area contributed by atoms with Gasteiger partial charge >= 0.3 is 0 Å². The number of methoxy groups -OCH3 is 1. The van der Waals surface area contributed by atoms with Crippen LogP contribution in [0.2, 0.25) is 0 Å². The lowest BCUT2D eigenvalue weighted by Crippen LogP contribution is -2.01. The fourth-order valence-electron chi connectivity index (χ4n) is 2.27. The Morgan fingerprint density at radius 3 is 2.33 bits per heavy atom. The van der Waals surface area contributed by atoms with Crippen molar-refractivity contribution in [1.82, 2.24) is 0 Å². The Morgan fingerprint density at radius 1 is 1.14 bits per heavy atom. The molecule has 4 nitrogen and oxygen atoms in total. The lowest BCUT2D eigenvalue weighted by atomic mass is 10.1. The molecule has 108 valence electrons. The highest BCUT2D eigenvalue weighted by molar-refractivity contribution is 5.54. The minimum Gasteiger partial charge on any atom is -0.495 e. The lowest BCUT2D eigenvalue weighted by molar-refractivity contribution is 0.302. The van der Waals surface area contributed by atoms with Crippen molar-refractivity contribution in [3.8, 4) is 17.6 Å².